The first-order valence-corrected chi connectivity index (χ1v) is 4.45. The van der Waals surface area contributed by atoms with Crippen LogP contribution in [0, 0.1) is 0 Å². The molecule has 0 radical (unpaired) electrons. The van der Waals surface area contributed by atoms with Gasteiger partial charge in [0, 0.05) is 5.69 Å². The number of hydrogen-bond acceptors (Lipinski definition) is 3. The van der Waals surface area contributed by atoms with Crippen molar-refractivity contribution in [3.63, 3.8) is 0 Å². The summed E-state index contributed by atoms with van der Waals surface area (Å²) in [7, 11) is 0. The molecule has 0 bridgehead atoms. The van der Waals surface area contributed by atoms with Crippen LogP contribution in [0.3, 0.4) is 0 Å². The Balaban J connectivity index is 2.77. The van der Waals surface area contributed by atoms with Gasteiger partial charge >= 0.3 is 0 Å². The summed E-state index contributed by atoms with van der Waals surface area (Å²) in [6.07, 6.45) is 1.15. The average molecular weight is 180 g/mol. The van der Waals surface area contributed by atoms with Gasteiger partial charge in [0.15, 0.2) is 0 Å². The summed E-state index contributed by atoms with van der Waals surface area (Å²) in [6.45, 7) is 4.08. The topological polar surface area (TPSA) is 61.3 Å². The van der Waals surface area contributed by atoms with Crippen LogP contribution in [-0.4, -0.2) is 6.10 Å². The SMILES string of the molecule is CCC(C)Oc1ccc(N)cc1N. The lowest BCUT2D eigenvalue weighted by Gasteiger charge is -2.14. The fourth-order valence-corrected chi connectivity index (χ4v) is 0.974. The molecule has 1 aromatic carbocycles. The number of nitrogen functional groups attached to an aromatic ring is 2. The fourth-order valence-electron chi connectivity index (χ4n) is 0.974. The van der Waals surface area contributed by atoms with E-state index >= 15 is 0 Å². The third-order valence-corrected chi connectivity index (χ3v) is 1.94. The maximum absolute atomic E-state index is 5.72. The Hall–Kier alpha value is -1.38. The summed E-state index contributed by atoms with van der Waals surface area (Å²) in [5.41, 5.74) is 12.5. The standard InChI is InChI=1S/C10H16N2O/c1-3-7(2)13-10-5-4-8(11)6-9(10)12/h4-7H,3,11-12H2,1-2H3. The Morgan fingerprint density at radius 2 is 2.08 bits per heavy atom. The quantitative estimate of drug-likeness (QED) is 0.699. The van der Waals surface area contributed by atoms with Gasteiger partial charge in [0.1, 0.15) is 5.75 Å². The molecule has 0 fully saturated rings. The van der Waals surface area contributed by atoms with E-state index in [9.17, 15) is 0 Å². The molecule has 0 saturated heterocycles. The lowest BCUT2D eigenvalue weighted by molar-refractivity contribution is 0.219. The summed E-state index contributed by atoms with van der Waals surface area (Å²) >= 11 is 0. The number of nitrogens with two attached hydrogens (primary N) is 2. The van der Waals surface area contributed by atoms with E-state index in [0.717, 1.165) is 6.42 Å². The van der Waals surface area contributed by atoms with Crippen molar-refractivity contribution in [2.24, 2.45) is 0 Å². The van der Waals surface area contributed by atoms with Crippen molar-refractivity contribution < 1.29 is 4.74 Å². The minimum absolute atomic E-state index is 0.186. The van der Waals surface area contributed by atoms with E-state index in [0.29, 0.717) is 17.1 Å². The summed E-state index contributed by atoms with van der Waals surface area (Å²) in [5.74, 6) is 0.712. The number of rotatable bonds is 3. The molecule has 1 aromatic rings. The summed E-state index contributed by atoms with van der Waals surface area (Å²) in [6, 6.07) is 5.29. The van der Waals surface area contributed by atoms with Crippen molar-refractivity contribution in [3.8, 4) is 5.75 Å². The highest BCUT2D eigenvalue weighted by atomic mass is 16.5. The van der Waals surface area contributed by atoms with Crippen molar-refractivity contribution in [1.29, 1.82) is 0 Å². The summed E-state index contributed by atoms with van der Waals surface area (Å²) in [4.78, 5) is 0. The normalized spacial score (nSPS) is 12.5. The molecule has 0 aliphatic heterocycles. The smallest absolute Gasteiger partial charge is 0.142 e. The highest BCUT2D eigenvalue weighted by Gasteiger charge is 2.04. The zero-order valence-corrected chi connectivity index (χ0v) is 8.08. The van der Waals surface area contributed by atoms with Gasteiger partial charge in [-0.25, -0.2) is 0 Å². The van der Waals surface area contributed by atoms with Gasteiger partial charge in [-0.05, 0) is 31.5 Å². The second-order valence-electron chi connectivity index (χ2n) is 3.13. The maximum atomic E-state index is 5.72. The molecule has 0 aliphatic rings. The number of ether oxygens (including phenoxy) is 1. The van der Waals surface area contributed by atoms with Crippen LogP contribution < -0.4 is 16.2 Å². The van der Waals surface area contributed by atoms with Gasteiger partial charge < -0.3 is 16.2 Å². The van der Waals surface area contributed by atoms with Crippen LogP contribution in [0.5, 0.6) is 5.75 Å². The minimum atomic E-state index is 0.186. The van der Waals surface area contributed by atoms with Gasteiger partial charge in [-0.1, -0.05) is 6.92 Å². The monoisotopic (exact) mass is 180 g/mol. The van der Waals surface area contributed by atoms with E-state index in [1.54, 1.807) is 18.2 Å². The van der Waals surface area contributed by atoms with Gasteiger partial charge in [-0.2, -0.15) is 0 Å². The van der Waals surface area contributed by atoms with E-state index in [4.69, 9.17) is 16.2 Å². The molecule has 1 atom stereocenters. The Morgan fingerprint density at radius 1 is 1.38 bits per heavy atom. The van der Waals surface area contributed by atoms with Crippen LogP contribution in [0.4, 0.5) is 11.4 Å². The first-order chi connectivity index (χ1) is 6.13. The van der Waals surface area contributed by atoms with Crippen LogP contribution in [-0.2, 0) is 0 Å². The summed E-state index contributed by atoms with van der Waals surface area (Å²) < 4.78 is 5.57. The molecule has 0 aliphatic carbocycles. The van der Waals surface area contributed by atoms with Crippen LogP contribution in [0.15, 0.2) is 18.2 Å². The Bertz CT molecular complexity index is 286. The molecular weight excluding hydrogens is 164 g/mol. The zero-order valence-electron chi connectivity index (χ0n) is 8.08. The number of benzene rings is 1. The number of anilines is 2. The second kappa shape index (κ2) is 4.03. The molecule has 1 unspecified atom stereocenters. The Labute approximate surface area is 78.7 Å². The van der Waals surface area contributed by atoms with Crippen molar-refractivity contribution in [3.05, 3.63) is 18.2 Å². The van der Waals surface area contributed by atoms with Gasteiger partial charge in [-0.15, -0.1) is 0 Å². The molecule has 3 heteroatoms. The lowest BCUT2D eigenvalue weighted by Crippen LogP contribution is -2.11. The Kier molecular flexibility index (Phi) is 3.01. The third-order valence-electron chi connectivity index (χ3n) is 1.94. The molecule has 72 valence electrons. The van der Waals surface area contributed by atoms with E-state index in [1.165, 1.54) is 0 Å². The zero-order chi connectivity index (χ0) is 9.84. The van der Waals surface area contributed by atoms with Crippen LogP contribution in [0.1, 0.15) is 20.3 Å². The number of hydrogen-bond donors (Lipinski definition) is 2. The molecule has 0 saturated carbocycles. The van der Waals surface area contributed by atoms with E-state index in [1.807, 2.05) is 6.92 Å². The second-order valence-corrected chi connectivity index (χ2v) is 3.13. The lowest BCUT2D eigenvalue weighted by atomic mass is 10.2. The molecular formula is C10H16N2O. The molecule has 0 amide bonds. The van der Waals surface area contributed by atoms with E-state index in [2.05, 4.69) is 6.92 Å². The van der Waals surface area contributed by atoms with Gasteiger partial charge in [0.2, 0.25) is 0 Å². The summed E-state index contributed by atoms with van der Waals surface area (Å²) in [5, 5.41) is 0. The molecule has 0 spiro atoms. The minimum Gasteiger partial charge on any atom is -0.489 e. The average Bonchev–Trinajstić information content (AvgIpc) is 2.09. The maximum Gasteiger partial charge on any atom is 0.142 e. The molecule has 13 heavy (non-hydrogen) atoms. The highest BCUT2D eigenvalue weighted by Crippen LogP contribution is 2.24. The highest BCUT2D eigenvalue weighted by molar-refractivity contribution is 5.60. The van der Waals surface area contributed by atoms with Gasteiger partial charge in [0.05, 0.1) is 11.8 Å². The van der Waals surface area contributed by atoms with Crippen LogP contribution >= 0.6 is 0 Å². The molecule has 0 aromatic heterocycles. The fraction of sp³-hybridized carbons (Fsp3) is 0.400. The molecule has 4 N–H and O–H groups in total. The third kappa shape index (κ3) is 2.54. The Morgan fingerprint density at radius 3 is 2.62 bits per heavy atom. The van der Waals surface area contributed by atoms with Gasteiger partial charge in [0.25, 0.3) is 0 Å². The predicted octanol–water partition coefficient (Wildman–Crippen LogP) is 2.03. The van der Waals surface area contributed by atoms with Crippen molar-refractivity contribution in [2.45, 2.75) is 26.4 Å². The van der Waals surface area contributed by atoms with Crippen LogP contribution in [0.2, 0.25) is 0 Å². The molecule has 3 nitrogen and oxygen atoms in total. The van der Waals surface area contributed by atoms with E-state index < -0.39 is 0 Å². The van der Waals surface area contributed by atoms with Gasteiger partial charge in [-0.3, -0.25) is 0 Å². The molecule has 1 rings (SSSR count). The van der Waals surface area contributed by atoms with Crippen LogP contribution in [0.25, 0.3) is 0 Å². The predicted molar refractivity (Wildman–Crippen MR) is 55.6 cm³/mol. The van der Waals surface area contributed by atoms with Crippen molar-refractivity contribution in [1.82, 2.24) is 0 Å². The van der Waals surface area contributed by atoms with Crippen molar-refractivity contribution in [2.75, 3.05) is 11.5 Å². The van der Waals surface area contributed by atoms with E-state index in [-0.39, 0.29) is 6.10 Å². The van der Waals surface area contributed by atoms with Crippen molar-refractivity contribution >= 4 is 11.4 Å². The molecule has 0 heterocycles. The first kappa shape index (κ1) is 9.71. The largest absolute Gasteiger partial charge is 0.489 e. The first-order valence-electron chi connectivity index (χ1n) is 4.45.